The smallest absolute Gasteiger partial charge is 0.261 e. The molecule has 1 aliphatic carbocycles. The molecule has 0 unspecified atom stereocenters. The van der Waals surface area contributed by atoms with Crippen LogP contribution in [0.4, 0.5) is 0 Å². The third-order valence-electron chi connectivity index (χ3n) is 4.60. The number of hydrogen-bond acceptors (Lipinski definition) is 3. The van der Waals surface area contributed by atoms with Gasteiger partial charge in [-0.3, -0.25) is 9.59 Å². The minimum Gasteiger partial charge on any atom is -0.463 e. The zero-order chi connectivity index (χ0) is 14.4. The molecule has 1 amide bonds. The molecule has 1 N–H and O–H groups in total. The molecule has 1 saturated carbocycles. The quantitative estimate of drug-likeness (QED) is 0.919. The van der Waals surface area contributed by atoms with Gasteiger partial charge in [0.15, 0.2) is 0 Å². The molecule has 108 valence electrons. The number of nitrogens with one attached hydrogen (secondary N) is 1. The molecule has 21 heavy (non-hydrogen) atoms. The zero-order valence-electron chi connectivity index (χ0n) is 11.5. The summed E-state index contributed by atoms with van der Waals surface area (Å²) in [5.74, 6) is 1.07. The van der Waals surface area contributed by atoms with E-state index < -0.39 is 0 Å². The van der Waals surface area contributed by atoms with Gasteiger partial charge in [0.05, 0.1) is 12.0 Å². The molecule has 2 aliphatic rings. The Morgan fingerprint density at radius 1 is 1.29 bits per heavy atom. The van der Waals surface area contributed by atoms with Crippen molar-refractivity contribution in [1.82, 2.24) is 9.88 Å². The van der Waals surface area contributed by atoms with E-state index in [-0.39, 0.29) is 17.0 Å². The molecule has 1 saturated heterocycles. The van der Waals surface area contributed by atoms with E-state index in [1.165, 1.54) is 6.42 Å². The number of piperidine rings is 1. The van der Waals surface area contributed by atoms with Crippen LogP contribution in [0, 0.1) is 5.92 Å². The number of nitrogens with zero attached hydrogens (tertiary/aromatic N) is 1. The number of furan rings is 1. The number of likely N-dealkylation sites (tertiary alicyclic amines) is 1. The fourth-order valence-corrected chi connectivity index (χ4v) is 3.55. The molecule has 0 aromatic carbocycles. The van der Waals surface area contributed by atoms with Gasteiger partial charge >= 0.3 is 0 Å². The maximum Gasteiger partial charge on any atom is 0.261 e. The number of rotatable bonds is 2. The summed E-state index contributed by atoms with van der Waals surface area (Å²) in [7, 11) is 0. The molecule has 3 heterocycles. The van der Waals surface area contributed by atoms with E-state index in [9.17, 15) is 9.59 Å². The van der Waals surface area contributed by atoms with Gasteiger partial charge in [-0.25, -0.2) is 0 Å². The van der Waals surface area contributed by atoms with Crippen LogP contribution in [-0.4, -0.2) is 28.4 Å². The normalized spacial score (nSPS) is 23.7. The van der Waals surface area contributed by atoms with Crippen molar-refractivity contribution >= 4 is 5.91 Å². The maximum atomic E-state index is 12.5. The highest BCUT2D eigenvalue weighted by Gasteiger charge is 2.40. The highest BCUT2D eigenvalue weighted by Crippen LogP contribution is 2.37. The van der Waals surface area contributed by atoms with Crippen LogP contribution >= 0.6 is 0 Å². The monoisotopic (exact) mass is 284 g/mol. The van der Waals surface area contributed by atoms with Crippen LogP contribution in [0.5, 0.6) is 0 Å². The standard InChI is InChI=1S/C16H16N2O3/c19-15-12(5-6-13(17-15)14-2-1-7-21-14)16(20)18-9-10-3-4-11(18)8-10/h1-2,5-7,10-11H,3-4,8-9H2,(H,17,19)/t10-,11-/m0/s1. The summed E-state index contributed by atoms with van der Waals surface area (Å²) in [6, 6.07) is 7.18. The molecule has 0 radical (unpaired) electrons. The Hall–Kier alpha value is -2.30. The molecule has 2 fully saturated rings. The number of H-pyrrole nitrogens is 1. The van der Waals surface area contributed by atoms with Crippen molar-refractivity contribution in [1.29, 1.82) is 0 Å². The van der Waals surface area contributed by atoms with E-state index >= 15 is 0 Å². The summed E-state index contributed by atoms with van der Waals surface area (Å²) in [6.07, 6.45) is 4.92. The molecule has 2 bridgehead atoms. The lowest BCUT2D eigenvalue weighted by molar-refractivity contribution is 0.0702. The van der Waals surface area contributed by atoms with E-state index in [0.29, 0.717) is 23.4 Å². The predicted octanol–water partition coefficient (Wildman–Crippen LogP) is 2.26. The van der Waals surface area contributed by atoms with Crippen molar-refractivity contribution in [3.63, 3.8) is 0 Å². The number of pyridine rings is 1. The van der Waals surface area contributed by atoms with Crippen molar-refractivity contribution in [3.05, 3.63) is 46.4 Å². The van der Waals surface area contributed by atoms with Crippen molar-refractivity contribution < 1.29 is 9.21 Å². The third kappa shape index (κ3) is 2.00. The minimum absolute atomic E-state index is 0.144. The fourth-order valence-electron chi connectivity index (χ4n) is 3.55. The molecular formula is C16H16N2O3. The van der Waals surface area contributed by atoms with E-state index in [1.807, 2.05) is 4.90 Å². The van der Waals surface area contributed by atoms with Crippen LogP contribution in [0.25, 0.3) is 11.5 Å². The molecule has 5 nitrogen and oxygen atoms in total. The second-order valence-electron chi connectivity index (χ2n) is 5.88. The van der Waals surface area contributed by atoms with Gasteiger partial charge in [-0.05, 0) is 49.4 Å². The van der Waals surface area contributed by atoms with Gasteiger partial charge in [0.1, 0.15) is 11.3 Å². The molecule has 2 aromatic heterocycles. The number of fused-ring (bicyclic) bond motifs is 2. The minimum atomic E-state index is -0.350. The van der Waals surface area contributed by atoms with Crippen LogP contribution < -0.4 is 5.56 Å². The Bertz CT molecular complexity index is 732. The summed E-state index contributed by atoms with van der Waals surface area (Å²) >= 11 is 0. The number of aromatic nitrogens is 1. The number of hydrogen-bond donors (Lipinski definition) is 1. The van der Waals surface area contributed by atoms with Crippen LogP contribution in [-0.2, 0) is 0 Å². The lowest BCUT2D eigenvalue weighted by atomic mass is 10.1. The van der Waals surface area contributed by atoms with Gasteiger partial charge in [0.2, 0.25) is 0 Å². The fraction of sp³-hybridized carbons (Fsp3) is 0.375. The van der Waals surface area contributed by atoms with Gasteiger partial charge in [0, 0.05) is 12.6 Å². The summed E-state index contributed by atoms with van der Waals surface area (Å²) < 4.78 is 5.25. The summed E-state index contributed by atoms with van der Waals surface area (Å²) in [5, 5.41) is 0. The average Bonchev–Trinajstić information content (AvgIpc) is 3.23. The second-order valence-corrected chi connectivity index (χ2v) is 5.88. The first kappa shape index (κ1) is 12.4. The summed E-state index contributed by atoms with van der Waals surface area (Å²) in [6.45, 7) is 0.795. The molecule has 4 rings (SSSR count). The van der Waals surface area contributed by atoms with Gasteiger partial charge < -0.3 is 14.3 Å². The Balaban J connectivity index is 1.64. The van der Waals surface area contributed by atoms with E-state index in [0.717, 1.165) is 19.4 Å². The van der Waals surface area contributed by atoms with E-state index in [1.54, 1.807) is 30.5 Å². The number of carbonyl (C=O) groups is 1. The first-order chi connectivity index (χ1) is 10.2. The molecular weight excluding hydrogens is 268 g/mol. The lowest BCUT2D eigenvalue weighted by Gasteiger charge is -2.26. The largest absolute Gasteiger partial charge is 0.463 e. The highest BCUT2D eigenvalue weighted by atomic mass is 16.3. The number of aromatic amines is 1. The Morgan fingerprint density at radius 3 is 2.81 bits per heavy atom. The van der Waals surface area contributed by atoms with Crippen molar-refractivity contribution in [3.8, 4) is 11.5 Å². The van der Waals surface area contributed by atoms with Gasteiger partial charge in [-0.2, -0.15) is 0 Å². The Kier molecular flexibility index (Phi) is 2.74. The first-order valence-electron chi connectivity index (χ1n) is 7.30. The van der Waals surface area contributed by atoms with Gasteiger partial charge in [0.25, 0.3) is 11.5 Å². The summed E-state index contributed by atoms with van der Waals surface area (Å²) in [5.41, 5.74) is 0.457. The second kappa shape index (κ2) is 4.62. The van der Waals surface area contributed by atoms with Crippen LogP contribution in [0.1, 0.15) is 29.6 Å². The van der Waals surface area contributed by atoms with Crippen molar-refractivity contribution in [2.24, 2.45) is 5.92 Å². The van der Waals surface area contributed by atoms with Crippen LogP contribution in [0.15, 0.2) is 39.7 Å². The zero-order valence-corrected chi connectivity index (χ0v) is 11.5. The van der Waals surface area contributed by atoms with Crippen LogP contribution in [0.3, 0.4) is 0 Å². The Labute approximate surface area is 121 Å². The van der Waals surface area contributed by atoms with Crippen molar-refractivity contribution in [2.45, 2.75) is 25.3 Å². The van der Waals surface area contributed by atoms with Gasteiger partial charge in [-0.1, -0.05) is 0 Å². The molecule has 2 atom stereocenters. The summed E-state index contributed by atoms with van der Waals surface area (Å²) in [4.78, 5) is 29.3. The van der Waals surface area contributed by atoms with E-state index in [4.69, 9.17) is 4.42 Å². The third-order valence-corrected chi connectivity index (χ3v) is 4.60. The molecule has 2 aromatic rings. The number of carbonyl (C=O) groups excluding carboxylic acids is 1. The topological polar surface area (TPSA) is 66.3 Å². The van der Waals surface area contributed by atoms with E-state index in [2.05, 4.69) is 4.98 Å². The molecule has 5 heteroatoms. The Morgan fingerprint density at radius 2 is 2.19 bits per heavy atom. The SMILES string of the molecule is O=C(c1ccc(-c2ccco2)[nH]c1=O)N1C[C@H]2CC[C@H]1C2. The average molecular weight is 284 g/mol. The number of amides is 1. The lowest BCUT2D eigenvalue weighted by Crippen LogP contribution is -2.40. The maximum absolute atomic E-state index is 12.5. The highest BCUT2D eigenvalue weighted by molar-refractivity contribution is 5.94. The van der Waals surface area contributed by atoms with Gasteiger partial charge in [-0.15, -0.1) is 0 Å². The molecule has 0 spiro atoms. The molecule has 1 aliphatic heterocycles. The first-order valence-corrected chi connectivity index (χ1v) is 7.30. The van der Waals surface area contributed by atoms with Crippen molar-refractivity contribution in [2.75, 3.05) is 6.54 Å². The predicted molar refractivity (Wildman–Crippen MR) is 76.9 cm³/mol. The van der Waals surface area contributed by atoms with Crippen LogP contribution in [0.2, 0.25) is 0 Å².